The fourth-order valence-electron chi connectivity index (χ4n) is 1.61. The Hall–Kier alpha value is -2.26. The number of nitrogens with zero attached hydrogens (tertiary/aromatic N) is 2. The Morgan fingerprint density at radius 2 is 2.00 bits per heavy atom. The third-order valence-electron chi connectivity index (χ3n) is 2.56. The van der Waals surface area contributed by atoms with Crippen LogP contribution in [-0.4, -0.2) is 32.6 Å². The van der Waals surface area contributed by atoms with Crippen molar-refractivity contribution in [1.29, 1.82) is 0 Å². The van der Waals surface area contributed by atoms with Crippen LogP contribution in [0.5, 0.6) is 0 Å². The number of carbonyl (C=O) groups is 2. The number of amides is 1. The maximum absolute atomic E-state index is 12.0. The quantitative estimate of drug-likeness (QED) is 0.345. The lowest BCUT2D eigenvalue weighted by Gasteiger charge is -2.14. The van der Waals surface area contributed by atoms with Gasteiger partial charge in [0.1, 0.15) is 4.32 Å². The minimum Gasteiger partial charge on any atom is -0.548 e. The smallest absolute Gasteiger partial charge is 0.269 e. The van der Waals surface area contributed by atoms with Gasteiger partial charge in [0.15, 0.2) is 0 Å². The van der Waals surface area contributed by atoms with Gasteiger partial charge in [-0.1, -0.05) is 24.0 Å². The predicted molar refractivity (Wildman–Crippen MR) is 78.0 cm³/mol. The van der Waals surface area contributed by atoms with Crippen LogP contribution >= 0.6 is 24.0 Å². The van der Waals surface area contributed by atoms with Crippen molar-refractivity contribution in [2.45, 2.75) is 0 Å². The number of hydrogen-bond donors (Lipinski definition) is 0. The molecule has 1 aliphatic heterocycles. The summed E-state index contributed by atoms with van der Waals surface area (Å²) in [5.41, 5.74) is 0.520. The molecular weight excluding hydrogens is 316 g/mol. The Morgan fingerprint density at radius 3 is 2.52 bits per heavy atom. The molecule has 1 aromatic rings. The van der Waals surface area contributed by atoms with Crippen LogP contribution in [0.1, 0.15) is 5.56 Å². The lowest BCUT2D eigenvalue weighted by atomic mass is 10.2. The summed E-state index contributed by atoms with van der Waals surface area (Å²) >= 11 is 5.90. The Kier molecular flexibility index (Phi) is 4.34. The van der Waals surface area contributed by atoms with Crippen molar-refractivity contribution >= 4 is 51.9 Å². The van der Waals surface area contributed by atoms with Crippen molar-refractivity contribution in [3.63, 3.8) is 0 Å². The number of carboxylic acid groups (broad SMARTS) is 1. The van der Waals surface area contributed by atoms with Gasteiger partial charge < -0.3 is 9.90 Å². The largest absolute Gasteiger partial charge is 0.548 e. The molecule has 108 valence electrons. The van der Waals surface area contributed by atoms with E-state index in [1.54, 1.807) is 0 Å². The van der Waals surface area contributed by atoms with Crippen LogP contribution in [0.15, 0.2) is 29.2 Å². The summed E-state index contributed by atoms with van der Waals surface area (Å²) in [7, 11) is 0. The topological polar surface area (TPSA) is 104 Å². The van der Waals surface area contributed by atoms with Crippen molar-refractivity contribution in [1.82, 2.24) is 4.90 Å². The van der Waals surface area contributed by atoms with Gasteiger partial charge in [-0.2, -0.15) is 0 Å². The van der Waals surface area contributed by atoms with Crippen LogP contribution in [0.25, 0.3) is 6.08 Å². The Balaban J connectivity index is 2.22. The zero-order chi connectivity index (χ0) is 15.6. The molecule has 0 radical (unpaired) electrons. The molecule has 1 aliphatic rings. The lowest BCUT2D eigenvalue weighted by Crippen LogP contribution is -2.40. The summed E-state index contributed by atoms with van der Waals surface area (Å²) in [6.07, 6.45) is 1.50. The van der Waals surface area contributed by atoms with Gasteiger partial charge in [0.2, 0.25) is 0 Å². The highest BCUT2D eigenvalue weighted by Gasteiger charge is 2.31. The number of thioether (sulfide) groups is 1. The first kappa shape index (κ1) is 15.1. The maximum Gasteiger partial charge on any atom is 0.269 e. The van der Waals surface area contributed by atoms with E-state index in [-0.39, 0.29) is 14.9 Å². The first-order chi connectivity index (χ1) is 9.88. The van der Waals surface area contributed by atoms with Crippen LogP contribution in [0, 0.1) is 10.1 Å². The highest BCUT2D eigenvalue weighted by Crippen LogP contribution is 2.32. The van der Waals surface area contributed by atoms with E-state index in [0.29, 0.717) is 5.56 Å². The molecule has 1 aromatic carbocycles. The number of non-ortho nitro benzene ring substituents is 1. The molecule has 0 aliphatic carbocycles. The molecule has 0 atom stereocenters. The Bertz CT molecular complexity index is 669. The van der Waals surface area contributed by atoms with E-state index in [2.05, 4.69) is 0 Å². The van der Waals surface area contributed by atoms with Crippen molar-refractivity contribution in [2.24, 2.45) is 0 Å². The van der Waals surface area contributed by atoms with E-state index in [1.165, 1.54) is 30.3 Å². The summed E-state index contributed by atoms with van der Waals surface area (Å²) < 4.78 is 0.136. The average Bonchev–Trinajstić information content (AvgIpc) is 2.67. The number of thiocarbonyl (C=S) groups is 1. The van der Waals surface area contributed by atoms with Gasteiger partial charge >= 0.3 is 0 Å². The summed E-state index contributed by atoms with van der Waals surface area (Å²) in [5.74, 6) is -1.92. The number of carbonyl (C=O) groups excluding carboxylic acids is 2. The third-order valence-corrected chi connectivity index (χ3v) is 3.94. The summed E-state index contributed by atoms with van der Waals surface area (Å²) in [4.78, 5) is 33.8. The first-order valence-electron chi connectivity index (χ1n) is 5.58. The Labute approximate surface area is 128 Å². The third kappa shape index (κ3) is 3.44. The molecule has 0 saturated carbocycles. The van der Waals surface area contributed by atoms with Gasteiger partial charge in [0.25, 0.3) is 11.6 Å². The van der Waals surface area contributed by atoms with Gasteiger partial charge in [-0.3, -0.25) is 19.8 Å². The van der Waals surface area contributed by atoms with Crippen LogP contribution in [0.4, 0.5) is 5.69 Å². The maximum atomic E-state index is 12.0. The van der Waals surface area contributed by atoms with Crippen molar-refractivity contribution in [3.05, 3.63) is 44.8 Å². The van der Waals surface area contributed by atoms with Gasteiger partial charge in [-0.15, -0.1) is 0 Å². The molecule has 0 aromatic heterocycles. The number of carboxylic acids is 1. The highest BCUT2D eigenvalue weighted by atomic mass is 32.2. The number of benzene rings is 1. The predicted octanol–water partition coefficient (Wildman–Crippen LogP) is 0.546. The number of nitro benzene ring substituents is 1. The summed E-state index contributed by atoms with van der Waals surface area (Å²) in [6.45, 7) is -0.595. The normalized spacial score (nSPS) is 16.6. The molecule has 1 saturated heterocycles. The number of hydrogen-bond acceptors (Lipinski definition) is 7. The second kappa shape index (κ2) is 6.02. The molecule has 0 N–H and O–H groups in total. The monoisotopic (exact) mass is 323 g/mol. The zero-order valence-electron chi connectivity index (χ0n) is 10.3. The van der Waals surface area contributed by atoms with Crippen LogP contribution in [0.2, 0.25) is 0 Å². The van der Waals surface area contributed by atoms with E-state index in [9.17, 15) is 24.8 Å². The Morgan fingerprint density at radius 1 is 1.38 bits per heavy atom. The van der Waals surface area contributed by atoms with Gasteiger partial charge in [0, 0.05) is 12.1 Å². The second-order valence-corrected chi connectivity index (χ2v) is 5.66. The number of nitro groups is 1. The second-order valence-electron chi connectivity index (χ2n) is 3.99. The molecule has 0 spiro atoms. The standard InChI is InChI=1S/C12H8N2O5S2/c15-10(16)6-13-11(17)9(21-12(13)20)5-7-1-3-8(4-2-7)14(18)19/h1-5H,6H2,(H,15,16)/p-1/b9-5-. The van der Waals surface area contributed by atoms with E-state index in [4.69, 9.17) is 12.2 Å². The summed E-state index contributed by atoms with van der Waals surface area (Å²) in [5, 5.41) is 21.1. The molecule has 0 unspecified atom stereocenters. The van der Waals surface area contributed by atoms with E-state index >= 15 is 0 Å². The van der Waals surface area contributed by atoms with E-state index in [0.717, 1.165) is 16.7 Å². The highest BCUT2D eigenvalue weighted by molar-refractivity contribution is 8.26. The van der Waals surface area contributed by atoms with Crippen LogP contribution < -0.4 is 5.11 Å². The molecule has 21 heavy (non-hydrogen) atoms. The summed E-state index contributed by atoms with van der Waals surface area (Å²) in [6, 6.07) is 5.61. The fraction of sp³-hybridized carbons (Fsp3) is 0.0833. The van der Waals surface area contributed by atoms with Crippen molar-refractivity contribution in [2.75, 3.05) is 6.54 Å². The fourth-order valence-corrected chi connectivity index (χ4v) is 2.86. The van der Waals surface area contributed by atoms with Gasteiger partial charge in [-0.25, -0.2) is 0 Å². The van der Waals surface area contributed by atoms with E-state index < -0.39 is 23.3 Å². The number of rotatable bonds is 4. The minimum absolute atomic E-state index is 0.0587. The molecule has 1 amide bonds. The van der Waals surface area contributed by atoms with Crippen molar-refractivity contribution in [3.8, 4) is 0 Å². The van der Waals surface area contributed by atoms with Crippen LogP contribution in [0.3, 0.4) is 0 Å². The van der Waals surface area contributed by atoms with Crippen LogP contribution in [-0.2, 0) is 9.59 Å². The number of aliphatic carboxylic acids is 1. The molecule has 9 heteroatoms. The molecule has 0 bridgehead atoms. The average molecular weight is 323 g/mol. The molecular formula is C12H7N2O5S2-. The van der Waals surface area contributed by atoms with Gasteiger partial charge in [0.05, 0.1) is 22.3 Å². The molecule has 2 rings (SSSR count). The lowest BCUT2D eigenvalue weighted by molar-refractivity contribution is -0.384. The van der Waals surface area contributed by atoms with E-state index in [1.807, 2.05) is 0 Å². The molecule has 1 heterocycles. The van der Waals surface area contributed by atoms with Crippen molar-refractivity contribution < 1.29 is 19.6 Å². The molecule has 7 nitrogen and oxygen atoms in total. The first-order valence-corrected chi connectivity index (χ1v) is 6.80. The SMILES string of the molecule is O=C([O-])CN1C(=O)/C(=C/c2ccc([N+](=O)[O-])cc2)SC1=S. The van der Waals surface area contributed by atoms with Gasteiger partial charge in [-0.05, 0) is 23.8 Å². The zero-order valence-corrected chi connectivity index (χ0v) is 12.0. The minimum atomic E-state index is -1.40. The molecule has 1 fully saturated rings.